The molecule has 9 N–H and O–H groups in total. The molecule has 2 amide bonds. The van der Waals surface area contributed by atoms with E-state index in [2.05, 4.69) is 30.6 Å². The maximum absolute atomic E-state index is 12.6. The topological polar surface area (TPSA) is 312 Å². The Balaban J connectivity index is 2.02. The number of nitrogens with one attached hydrogen (secondary N) is 4. The van der Waals surface area contributed by atoms with Gasteiger partial charge in [0.2, 0.25) is 11.8 Å². The van der Waals surface area contributed by atoms with Crippen LogP contribution in [0, 0.1) is 0 Å². The van der Waals surface area contributed by atoms with E-state index in [0.29, 0.717) is 11.4 Å². The zero-order valence-electron chi connectivity index (χ0n) is 25.1. The van der Waals surface area contributed by atoms with Crippen LogP contribution in [0.3, 0.4) is 0 Å². The number of carboxylic acid groups (broad SMARTS) is 5. The van der Waals surface area contributed by atoms with Gasteiger partial charge in [-0.25, -0.2) is 19.6 Å². The Morgan fingerprint density at radius 2 is 0.915 bits per heavy atom. The predicted molar refractivity (Wildman–Crippen MR) is 156 cm³/mol. The molecule has 2 aromatic rings. The quantitative estimate of drug-likeness (QED) is 0.0518. The fourth-order valence-corrected chi connectivity index (χ4v) is 4.36. The lowest BCUT2D eigenvalue weighted by molar-refractivity contribution is -0.143. The molecule has 0 saturated carbocycles. The molecule has 0 radical (unpaired) electrons. The molecule has 0 aliphatic carbocycles. The number of aliphatic carboxylic acids is 5. The van der Waals surface area contributed by atoms with E-state index in [1.165, 1.54) is 29.9 Å². The minimum Gasteiger partial charge on any atom is -0.480 e. The Hall–Kier alpha value is -5.41. The summed E-state index contributed by atoms with van der Waals surface area (Å²) in [5.41, 5.74) is 0.879. The molecular formula is C26H37N9O12. The molecule has 0 fully saturated rings. The number of imidazole rings is 2. The van der Waals surface area contributed by atoms with Gasteiger partial charge >= 0.3 is 29.8 Å². The molecule has 258 valence electrons. The number of carbonyl (C=O) groups excluding carboxylic acids is 2. The molecule has 0 unspecified atom stereocenters. The average molecular weight is 668 g/mol. The zero-order valence-corrected chi connectivity index (χ0v) is 25.1. The summed E-state index contributed by atoms with van der Waals surface area (Å²) in [4.78, 5) is 99.7. The maximum atomic E-state index is 12.6. The minimum atomic E-state index is -1.34. The standard InChI is InChI=1S/C26H37N9O12/c36-20(31-18(25(44)45)5-16-7-27-14-29-16)9-34(12-23(40)41)3-1-33(11-22(38)39)2-4-35(13-24(42)43)10-21(37)32-19(26(46)47)6-17-8-28-15-30-17/h7-8,14-15,18-19H,1-6,9-13H2,(H,27,29)(H,28,30)(H,31,36)(H,32,37)(H,38,39)(H,40,41)(H,42,43)(H,44,45)(H,46,47)/t18-,19+. The second-order valence-electron chi connectivity index (χ2n) is 10.4. The van der Waals surface area contributed by atoms with Crippen molar-refractivity contribution >= 4 is 41.7 Å². The summed E-state index contributed by atoms with van der Waals surface area (Å²) < 4.78 is 0. The third kappa shape index (κ3) is 15.4. The average Bonchev–Trinajstić information content (AvgIpc) is 3.67. The molecule has 0 aliphatic rings. The number of aromatic amines is 2. The lowest BCUT2D eigenvalue weighted by Crippen LogP contribution is -2.50. The largest absolute Gasteiger partial charge is 0.480 e. The van der Waals surface area contributed by atoms with E-state index in [1.54, 1.807) is 0 Å². The van der Waals surface area contributed by atoms with E-state index in [0.717, 1.165) is 9.80 Å². The van der Waals surface area contributed by atoms with Crippen LogP contribution in [0.2, 0.25) is 0 Å². The van der Waals surface area contributed by atoms with Crippen LogP contribution >= 0.6 is 0 Å². The fourth-order valence-electron chi connectivity index (χ4n) is 4.36. The number of carbonyl (C=O) groups is 7. The number of carboxylic acids is 5. The van der Waals surface area contributed by atoms with Gasteiger partial charge in [-0.15, -0.1) is 0 Å². The van der Waals surface area contributed by atoms with Gasteiger partial charge < -0.3 is 46.1 Å². The molecule has 2 atom stereocenters. The van der Waals surface area contributed by atoms with Crippen molar-refractivity contribution in [2.45, 2.75) is 24.9 Å². The summed E-state index contributed by atoms with van der Waals surface area (Å²) in [6.45, 7) is -3.43. The summed E-state index contributed by atoms with van der Waals surface area (Å²) in [6, 6.07) is -2.68. The van der Waals surface area contributed by atoms with Crippen LogP contribution in [0.5, 0.6) is 0 Å². The van der Waals surface area contributed by atoms with Gasteiger partial charge in [0.25, 0.3) is 0 Å². The van der Waals surface area contributed by atoms with Gasteiger partial charge in [0.05, 0.1) is 45.4 Å². The molecule has 2 aromatic heterocycles. The van der Waals surface area contributed by atoms with Crippen molar-refractivity contribution in [2.75, 3.05) is 58.9 Å². The van der Waals surface area contributed by atoms with Crippen molar-refractivity contribution in [2.24, 2.45) is 0 Å². The van der Waals surface area contributed by atoms with Crippen LogP contribution in [0.4, 0.5) is 0 Å². The highest BCUT2D eigenvalue weighted by Crippen LogP contribution is 2.02. The molecule has 21 heteroatoms. The molecule has 0 aliphatic heterocycles. The van der Waals surface area contributed by atoms with Gasteiger partial charge in [-0.05, 0) is 0 Å². The van der Waals surface area contributed by atoms with Crippen molar-refractivity contribution in [3.05, 3.63) is 36.4 Å². The summed E-state index contributed by atoms with van der Waals surface area (Å²) in [6.07, 6.45) is 5.21. The second kappa shape index (κ2) is 19.2. The minimum absolute atomic E-state index is 0.109. The van der Waals surface area contributed by atoms with Crippen molar-refractivity contribution in [1.82, 2.24) is 45.3 Å². The summed E-state index contributed by atoms with van der Waals surface area (Å²) in [5, 5.41) is 51.7. The first-order chi connectivity index (χ1) is 22.2. The Bertz CT molecular complexity index is 1260. The smallest absolute Gasteiger partial charge is 0.326 e. The summed E-state index contributed by atoms with van der Waals surface area (Å²) >= 11 is 0. The highest BCUT2D eigenvalue weighted by Gasteiger charge is 2.25. The lowest BCUT2D eigenvalue weighted by atomic mass is 10.1. The number of amides is 2. The third-order valence-electron chi connectivity index (χ3n) is 6.50. The van der Waals surface area contributed by atoms with Gasteiger partial charge in [-0.3, -0.25) is 38.7 Å². The first kappa shape index (κ1) is 37.8. The van der Waals surface area contributed by atoms with Crippen molar-refractivity contribution in [1.29, 1.82) is 0 Å². The van der Waals surface area contributed by atoms with E-state index < -0.39 is 86.5 Å². The Labute approximate surface area is 266 Å². The van der Waals surface area contributed by atoms with Gasteiger partial charge in [0.15, 0.2) is 0 Å². The molecule has 2 heterocycles. The first-order valence-corrected chi connectivity index (χ1v) is 14.0. The molecule has 47 heavy (non-hydrogen) atoms. The molecule has 0 bridgehead atoms. The first-order valence-electron chi connectivity index (χ1n) is 14.0. The van der Waals surface area contributed by atoms with Crippen LogP contribution in [0.25, 0.3) is 0 Å². The SMILES string of the molecule is O=C(O)CN(CCN(CC(=O)O)CC(=O)N[C@@H](Cc1cnc[nH]1)C(=O)O)CCN(CC(=O)O)CC(=O)N[C@H](Cc1cnc[nH]1)C(=O)O. The van der Waals surface area contributed by atoms with Crippen LogP contribution in [-0.2, 0) is 46.4 Å². The number of rotatable bonds is 24. The molecular weight excluding hydrogens is 630 g/mol. The van der Waals surface area contributed by atoms with E-state index in [4.69, 9.17) is 0 Å². The molecule has 0 aromatic carbocycles. The van der Waals surface area contributed by atoms with E-state index in [9.17, 15) is 59.1 Å². The summed E-state index contributed by atoms with van der Waals surface area (Å²) in [5.74, 6) is -8.13. The van der Waals surface area contributed by atoms with Crippen molar-refractivity contribution < 1.29 is 59.1 Å². The van der Waals surface area contributed by atoms with E-state index in [1.807, 2.05) is 0 Å². The van der Waals surface area contributed by atoms with Gasteiger partial charge in [-0.2, -0.15) is 0 Å². The predicted octanol–water partition coefficient (Wildman–Crippen LogP) is -3.78. The van der Waals surface area contributed by atoms with Gasteiger partial charge in [0.1, 0.15) is 12.1 Å². The van der Waals surface area contributed by atoms with Crippen molar-refractivity contribution in [3.63, 3.8) is 0 Å². The highest BCUT2D eigenvalue weighted by molar-refractivity contribution is 5.86. The fraction of sp³-hybridized carbons (Fsp3) is 0.500. The normalized spacial score (nSPS) is 12.5. The molecule has 0 saturated heterocycles. The highest BCUT2D eigenvalue weighted by atomic mass is 16.4. The number of hydrogen-bond acceptors (Lipinski definition) is 12. The molecule has 0 spiro atoms. The number of nitrogens with zero attached hydrogens (tertiary/aromatic N) is 5. The zero-order chi connectivity index (χ0) is 34.9. The van der Waals surface area contributed by atoms with Crippen LogP contribution in [0.15, 0.2) is 25.0 Å². The number of H-pyrrole nitrogens is 2. The van der Waals surface area contributed by atoms with Crippen molar-refractivity contribution in [3.8, 4) is 0 Å². The number of hydrogen-bond donors (Lipinski definition) is 9. The van der Waals surface area contributed by atoms with E-state index in [-0.39, 0.29) is 39.0 Å². The monoisotopic (exact) mass is 667 g/mol. The Kier molecular flexibility index (Phi) is 15.4. The third-order valence-corrected chi connectivity index (χ3v) is 6.50. The Morgan fingerprint density at radius 1 is 0.574 bits per heavy atom. The Morgan fingerprint density at radius 3 is 1.21 bits per heavy atom. The van der Waals surface area contributed by atoms with Gasteiger partial charge in [-0.1, -0.05) is 0 Å². The summed E-state index contributed by atoms with van der Waals surface area (Å²) in [7, 11) is 0. The number of aromatic nitrogens is 4. The van der Waals surface area contributed by atoms with E-state index >= 15 is 0 Å². The maximum Gasteiger partial charge on any atom is 0.326 e. The molecule has 21 nitrogen and oxygen atoms in total. The second-order valence-corrected chi connectivity index (χ2v) is 10.4. The van der Waals surface area contributed by atoms with Crippen LogP contribution < -0.4 is 10.6 Å². The van der Waals surface area contributed by atoms with Crippen LogP contribution in [0.1, 0.15) is 11.4 Å². The van der Waals surface area contributed by atoms with Gasteiger partial charge in [0, 0.05) is 62.8 Å². The molecule has 2 rings (SSSR count). The van der Waals surface area contributed by atoms with Crippen LogP contribution in [-0.4, -0.2) is 173 Å². The lowest BCUT2D eigenvalue weighted by Gasteiger charge is -2.28.